The van der Waals surface area contributed by atoms with Crippen molar-refractivity contribution in [2.24, 2.45) is 11.1 Å². The lowest BCUT2D eigenvalue weighted by atomic mass is 9.93. The molecule has 0 aliphatic heterocycles. The first-order valence-corrected chi connectivity index (χ1v) is 8.07. The molecule has 0 aliphatic rings. The highest BCUT2D eigenvalue weighted by atomic mass is 79.9. The second kappa shape index (κ2) is 8.65. The molecule has 4 heteroatoms. The van der Waals surface area contributed by atoms with Crippen LogP contribution in [0.15, 0.2) is 28.7 Å². The zero-order chi connectivity index (χ0) is 15.0. The predicted octanol–water partition coefficient (Wildman–Crippen LogP) is 3.52. The molecular weight excluding hydrogens is 316 g/mol. The molecule has 1 aromatic carbocycles. The Balaban J connectivity index is 2.42. The van der Waals surface area contributed by atoms with Crippen LogP contribution in [0, 0.1) is 5.41 Å². The van der Waals surface area contributed by atoms with Crippen molar-refractivity contribution in [2.45, 2.75) is 27.2 Å². The predicted molar refractivity (Wildman–Crippen MR) is 89.2 cm³/mol. The molecule has 1 rings (SSSR count). The number of nitrogens with zero attached hydrogens (tertiary/aromatic N) is 1. The normalized spacial score (nSPS) is 11.9. The summed E-state index contributed by atoms with van der Waals surface area (Å²) in [5.41, 5.74) is 5.98. The van der Waals surface area contributed by atoms with E-state index < -0.39 is 0 Å². The van der Waals surface area contributed by atoms with Crippen molar-refractivity contribution in [3.05, 3.63) is 28.7 Å². The third kappa shape index (κ3) is 6.73. The van der Waals surface area contributed by atoms with Crippen LogP contribution >= 0.6 is 15.9 Å². The van der Waals surface area contributed by atoms with Gasteiger partial charge in [0.05, 0.1) is 0 Å². The lowest BCUT2D eigenvalue weighted by Gasteiger charge is -2.31. The zero-order valence-corrected chi connectivity index (χ0v) is 14.4. The van der Waals surface area contributed by atoms with Crippen LogP contribution in [0.25, 0.3) is 0 Å². The van der Waals surface area contributed by atoms with Crippen molar-refractivity contribution in [1.82, 2.24) is 4.90 Å². The second-order valence-electron chi connectivity index (χ2n) is 5.95. The Morgan fingerprint density at radius 3 is 2.65 bits per heavy atom. The summed E-state index contributed by atoms with van der Waals surface area (Å²) in [4.78, 5) is 2.44. The number of hydrogen-bond donors (Lipinski definition) is 1. The maximum Gasteiger partial charge on any atom is 0.120 e. The van der Waals surface area contributed by atoms with Crippen LogP contribution in [0.3, 0.4) is 0 Å². The summed E-state index contributed by atoms with van der Waals surface area (Å²) >= 11 is 3.45. The Morgan fingerprint density at radius 2 is 2.05 bits per heavy atom. The van der Waals surface area contributed by atoms with Gasteiger partial charge in [-0.2, -0.15) is 0 Å². The Morgan fingerprint density at radius 1 is 1.30 bits per heavy atom. The first kappa shape index (κ1) is 17.5. The van der Waals surface area contributed by atoms with Crippen LogP contribution < -0.4 is 10.5 Å². The summed E-state index contributed by atoms with van der Waals surface area (Å²) in [6, 6.07) is 7.97. The van der Waals surface area contributed by atoms with Crippen LogP contribution in [-0.2, 0) is 0 Å². The molecule has 0 aromatic heterocycles. The smallest absolute Gasteiger partial charge is 0.120 e. The molecule has 0 heterocycles. The van der Waals surface area contributed by atoms with Gasteiger partial charge in [0.1, 0.15) is 12.4 Å². The molecule has 2 N–H and O–H groups in total. The largest absolute Gasteiger partial charge is 0.492 e. The first-order valence-electron chi connectivity index (χ1n) is 7.27. The minimum atomic E-state index is 0.158. The summed E-state index contributed by atoms with van der Waals surface area (Å²) in [6.07, 6.45) is 1.15. The van der Waals surface area contributed by atoms with Crippen LogP contribution in [0.2, 0.25) is 0 Å². The molecular formula is C16H27BrN2O. The van der Waals surface area contributed by atoms with E-state index in [4.69, 9.17) is 10.5 Å². The van der Waals surface area contributed by atoms with Crippen LogP contribution in [0.1, 0.15) is 27.2 Å². The highest BCUT2D eigenvalue weighted by Crippen LogP contribution is 2.18. The number of benzene rings is 1. The molecule has 0 aliphatic carbocycles. The molecule has 0 spiro atoms. The van der Waals surface area contributed by atoms with Gasteiger partial charge >= 0.3 is 0 Å². The van der Waals surface area contributed by atoms with Crippen molar-refractivity contribution >= 4 is 15.9 Å². The Hall–Kier alpha value is -0.580. The summed E-state index contributed by atoms with van der Waals surface area (Å²) in [6.45, 7) is 11.1. The van der Waals surface area contributed by atoms with Crippen LogP contribution in [0.5, 0.6) is 5.75 Å². The molecule has 0 bridgehead atoms. The van der Waals surface area contributed by atoms with E-state index >= 15 is 0 Å². The van der Waals surface area contributed by atoms with Crippen LogP contribution in [-0.4, -0.2) is 37.7 Å². The molecule has 0 unspecified atom stereocenters. The van der Waals surface area contributed by atoms with Crippen LogP contribution in [0.4, 0.5) is 0 Å². The fourth-order valence-corrected chi connectivity index (χ4v) is 2.48. The van der Waals surface area contributed by atoms with Gasteiger partial charge in [-0.1, -0.05) is 42.8 Å². The monoisotopic (exact) mass is 342 g/mol. The van der Waals surface area contributed by atoms with Crippen molar-refractivity contribution in [1.29, 1.82) is 0 Å². The van der Waals surface area contributed by atoms with Gasteiger partial charge < -0.3 is 10.5 Å². The van der Waals surface area contributed by atoms with Gasteiger partial charge in [-0.05, 0) is 43.1 Å². The van der Waals surface area contributed by atoms with Crippen molar-refractivity contribution < 1.29 is 4.74 Å². The molecule has 20 heavy (non-hydrogen) atoms. The molecule has 114 valence electrons. The first-order chi connectivity index (χ1) is 9.46. The molecule has 0 fully saturated rings. The summed E-state index contributed by atoms with van der Waals surface area (Å²) < 4.78 is 6.85. The third-order valence-corrected chi connectivity index (χ3v) is 3.71. The summed E-state index contributed by atoms with van der Waals surface area (Å²) in [7, 11) is 0. The number of hydrogen-bond acceptors (Lipinski definition) is 3. The zero-order valence-electron chi connectivity index (χ0n) is 12.9. The molecule has 3 nitrogen and oxygen atoms in total. The van der Waals surface area contributed by atoms with E-state index in [9.17, 15) is 0 Å². The molecule has 1 aromatic rings. The topological polar surface area (TPSA) is 38.5 Å². The van der Waals surface area contributed by atoms with Gasteiger partial charge in [0.25, 0.3) is 0 Å². The number of ether oxygens (including phenoxy) is 1. The lowest BCUT2D eigenvalue weighted by molar-refractivity contribution is 0.154. The van der Waals surface area contributed by atoms with E-state index in [0.717, 1.165) is 36.3 Å². The quantitative estimate of drug-likeness (QED) is 0.746. The van der Waals surface area contributed by atoms with Gasteiger partial charge in [0, 0.05) is 17.6 Å². The third-order valence-electron chi connectivity index (χ3n) is 3.22. The fraction of sp³-hybridized carbons (Fsp3) is 0.625. The molecule has 0 amide bonds. The summed E-state index contributed by atoms with van der Waals surface area (Å²) in [5, 5.41) is 0. The fourth-order valence-electron chi connectivity index (χ4n) is 2.11. The molecule has 0 saturated carbocycles. The van der Waals surface area contributed by atoms with E-state index in [1.54, 1.807) is 0 Å². The highest BCUT2D eigenvalue weighted by Gasteiger charge is 2.19. The molecule has 0 saturated heterocycles. The summed E-state index contributed by atoms with van der Waals surface area (Å²) in [5.74, 6) is 0.911. The van der Waals surface area contributed by atoms with Crippen molar-refractivity contribution in [3.63, 3.8) is 0 Å². The minimum Gasteiger partial charge on any atom is -0.492 e. The number of nitrogens with two attached hydrogens (primary N) is 1. The van der Waals surface area contributed by atoms with Crippen molar-refractivity contribution in [3.8, 4) is 5.75 Å². The van der Waals surface area contributed by atoms with E-state index in [2.05, 4.69) is 41.6 Å². The Kier molecular flexibility index (Phi) is 7.56. The van der Waals surface area contributed by atoms with Gasteiger partial charge in [0.2, 0.25) is 0 Å². The second-order valence-corrected chi connectivity index (χ2v) is 6.87. The minimum absolute atomic E-state index is 0.158. The highest BCUT2D eigenvalue weighted by molar-refractivity contribution is 9.10. The molecule has 0 atom stereocenters. The number of halogens is 1. The van der Waals surface area contributed by atoms with E-state index in [1.165, 1.54) is 0 Å². The average Bonchev–Trinajstić information content (AvgIpc) is 2.39. The van der Waals surface area contributed by atoms with Gasteiger partial charge in [0.15, 0.2) is 0 Å². The maximum atomic E-state index is 5.82. The molecule has 0 radical (unpaired) electrons. The SMILES string of the molecule is CCCN(CCOc1cccc(Br)c1)CC(C)(C)CN. The van der Waals surface area contributed by atoms with E-state index in [1.807, 2.05) is 24.3 Å². The standard InChI is InChI=1S/C16H27BrN2O/c1-4-8-19(13-16(2,3)12-18)9-10-20-15-7-5-6-14(17)11-15/h5-7,11H,4,8-10,12-13,18H2,1-3H3. The maximum absolute atomic E-state index is 5.82. The lowest BCUT2D eigenvalue weighted by Crippen LogP contribution is -2.40. The Labute approximate surface area is 131 Å². The van der Waals surface area contributed by atoms with Gasteiger partial charge in [-0.3, -0.25) is 4.90 Å². The Bertz CT molecular complexity index is 396. The number of rotatable bonds is 9. The van der Waals surface area contributed by atoms with E-state index in [-0.39, 0.29) is 5.41 Å². The average molecular weight is 343 g/mol. The van der Waals surface area contributed by atoms with Gasteiger partial charge in [-0.25, -0.2) is 0 Å². The van der Waals surface area contributed by atoms with Gasteiger partial charge in [-0.15, -0.1) is 0 Å². The van der Waals surface area contributed by atoms with Crippen molar-refractivity contribution in [2.75, 3.05) is 32.8 Å². The van der Waals surface area contributed by atoms with E-state index in [0.29, 0.717) is 13.2 Å².